The first-order valence-corrected chi connectivity index (χ1v) is 12.2. The summed E-state index contributed by atoms with van der Waals surface area (Å²) in [6, 6.07) is 0.125. The van der Waals surface area contributed by atoms with E-state index in [9.17, 15) is 19.2 Å². The van der Waals surface area contributed by atoms with E-state index in [1.54, 1.807) is 9.80 Å². The number of carbonyl (C=O) groups excluding carboxylic acids is 4. The Morgan fingerprint density at radius 3 is 1.68 bits per heavy atom. The molecule has 2 amide bonds. The first-order chi connectivity index (χ1) is 15.7. The summed E-state index contributed by atoms with van der Waals surface area (Å²) in [5.41, 5.74) is -1.18. The molecule has 4 unspecified atom stereocenters. The van der Waals surface area contributed by atoms with Crippen molar-refractivity contribution in [3.8, 4) is 0 Å². The fraction of sp³-hybridized carbons (Fsp3) is 0.833. The molecule has 4 saturated heterocycles. The van der Waals surface area contributed by atoms with Gasteiger partial charge in [0.2, 0.25) is 0 Å². The third-order valence-corrected chi connectivity index (χ3v) is 6.03. The first-order valence-electron chi connectivity index (χ1n) is 12.2. The molecule has 10 heteroatoms. The van der Waals surface area contributed by atoms with Crippen molar-refractivity contribution in [3.63, 3.8) is 0 Å². The summed E-state index contributed by atoms with van der Waals surface area (Å²) in [6.07, 6.45) is 1.11. The fourth-order valence-electron chi connectivity index (χ4n) is 4.86. The highest BCUT2D eigenvalue weighted by Crippen LogP contribution is 2.29. The zero-order valence-corrected chi connectivity index (χ0v) is 21.3. The van der Waals surface area contributed by atoms with Gasteiger partial charge in [-0.15, -0.1) is 0 Å². The predicted molar refractivity (Wildman–Crippen MR) is 126 cm³/mol. The zero-order chi connectivity index (χ0) is 25.3. The van der Waals surface area contributed by atoms with Crippen molar-refractivity contribution in [1.29, 1.82) is 0 Å². The van der Waals surface area contributed by atoms with Gasteiger partial charge in [-0.25, -0.2) is 9.59 Å². The third kappa shape index (κ3) is 7.40. The summed E-state index contributed by atoms with van der Waals surface area (Å²) in [7, 11) is 0. The molecule has 0 aromatic heterocycles. The number of amides is 2. The number of fused-ring (bicyclic) bond motifs is 4. The number of hydrogen-bond acceptors (Lipinski definition) is 8. The van der Waals surface area contributed by atoms with Gasteiger partial charge < -0.3 is 25.0 Å². The van der Waals surface area contributed by atoms with Gasteiger partial charge in [-0.1, -0.05) is 0 Å². The number of carbonyl (C=O) groups is 4. The Balaban J connectivity index is 0.000000266. The quantitative estimate of drug-likeness (QED) is 0.540. The molecular weight excluding hydrogens is 440 g/mol. The SMILES string of the molecule is CC(C)(C)OC(=O)N1CC2CC(=O)CC(C1)N2C(=O)OC(C)(C)C.O=C1CC2CNCC(C1)N2. The van der Waals surface area contributed by atoms with Crippen LogP contribution in [-0.4, -0.2) is 95.1 Å². The number of likely N-dealkylation sites (tertiary alicyclic amines) is 1. The van der Waals surface area contributed by atoms with Crippen LogP contribution in [0.5, 0.6) is 0 Å². The van der Waals surface area contributed by atoms with Crippen molar-refractivity contribution in [2.45, 2.75) is 103 Å². The van der Waals surface area contributed by atoms with Gasteiger partial charge in [-0.2, -0.15) is 0 Å². The van der Waals surface area contributed by atoms with E-state index in [1.165, 1.54) is 0 Å². The molecule has 34 heavy (non-hydrogen) atoms. The van der Waals surface area contributed by atoms with E-state index >= 15 is 0 Å². The van der Waals surface area contributed by atoms with Crippen LogP contribution in [0, 0.1) is 0 Å². The Bertz CT molecular complexity index is 770. The minimum Gasteiger partial charge on any atom is -0.444 e. The average molecular weight is 481 g/mol. The Labute approximate surface area is 202 Å². The number of piperidine rings is 2. The molecule has 4 aliphatic rings. The summed E-state index contributed by atoms with van der Waals surface area (Å²) in [6.45, 7) is 13.4. The van der Waals surface area contributed by atoms with Gasteiger partial charge in [0.05, 0.1) is 12.1 Å². The maximum absolute atomic E-state index is 12.5. The maximum Gasteiger partial charge on any atom is 0.410 e. The van der Waals surface area contributed by atoms with Gasteiger partial charge in [0, 0.05) is 63.9 Å². The van der Waals surface area contributed by atoms with E-state index in [4.69, 9.17) is 9.47 Å². The Morgan fingerprint density at radius 1 is 0.765 bits per heavy atom. The summed E-state index contributed by atoms with van der Waals surface area (Å²) in [5.74, 6) is 0.545. The number of nitrogens with zero attached hydrogens (tertiary/aromatic N) is 2. The van der Waals surface area contributed by atoms with Crippen LogP contribution in [0.2, 0.25) is 0 Å². The molecule has 4 heterocycles. The van der Waals surface area contributed by atoms with Gasteiger partial charge in [-0.05, 0) is 41.5 Å². The number of piperazine rings is 2. The molecule has 0 aliphatic carbocycles. The van der Waals surface area contributed by atoms with Crippen LogP contribution in [0.25, 0.3) is 0 Å². The first kappa shape index (κ1) is 26.4. The van der Waals surface area contributed by atoms with Crippen molar-refractivity contribution < 1.29 is 28.7 Å². The smallest absolute Gasteiger partial charge is 0.410 e. The van der Waals surface area contributed by atoms with Crippen LogP contribution in [0.15, 0.2) is 0 Å². The molecule has 10 nitrogen and oxygen atoms in total. The van der Waals surface area contributed by atoms with Gasteiger partial charge in [-0.3, -0.25) is 14.5 Å². The molecule has 4 atom stereocenters. The molecule has 0 spiro atoms. The Hall–Kier alpha value is -2.20. The second kappa shape index (κ2) is 10.2. The third-order valence-electron chi connectivity index (χ3n) is 6.03. The lowest BCUT2D eigenvalue weighted by Crippen LogP contribution is -2.65. The summed E-state index contributed by atoms with van der Waals surface area (Å²) in [4.78, 5) is 51.0. The van der Waals surface area contributed by atoms with E-state index in [0.29, 0.717) is 17.9 Å². The molecule has 0 aromatic carbocycles. The largest absolute Gasteiger partial charge is 0.444 e. The highest BCUT2D eigenvalue weighted by Gasteiger charge is 2.46. The van der Waals surface area contributed by atoms with Crippen molar-refractivity contribution in [2.75, 3.05) is 26.2 Å². The molecule has 2 N–H and O–H groups in total. The second-order valence-electron chi connectivity index (χ2n) is 11.7. The van der Waals surface area contributed by atoms with Crippen LogP contribution in [0.3, 0.4) is 0 Å². The predicted octanol–water partition coefficient (Wildman–Crippen LogP) is 1.85. The summed E-state index contributed by atoms with van der Waals surface area (Å²) >= 11 is 0. The number of ketones is 2. The minimum atomic E-state index is -0.600. The van der Waals surface area contributed by atoms with Gasteiger partial charge >= 0.3 is 12.2 Å². The lowest BCUT2D eigenvalue weighted by Gasteiger charge is -2.49. The van der Waals surface area contributed by atoms with E-state index in [-0.39, 0.29) is 43.8 Å². The van der Waals surface area contributed by atoms with Crippen molar-refractivity contribution in [2.24, 2.45) is 0 Å². The number of ether oxygens (including phenoxy) is 2. The van der Waals surface area contributed by atoms with Crippen LogP contribution in [0.1, 0.15) is 67.2 Å². The van der Waals surface area contributed by atoms with Crippen molar-refractivity contribution in [1.82, 2.24) is 20.4 Å². The zero-order valence-electron chi connectivity index (χ0n) is 21.3. The van der Waals surface area contributed by atoms with E-state index < -0.39 is 23.4 Å². The fourth-order valence-corrected chi connectivity index (χ4v) is 4.86. The topological polar surface area (TPSA) is 117 Å². The molecular formula is C24H40N4O6. The Morgan fingerprint density at radius 2 is 1.21 bits per heavy atom. The number of rotatable bonds is 0. The number of hydrogen-bond donors (Lipinski definition) is 2. The van der Waals surface area contributed by atoms with E-state index in [2.05, 4.69) is 10.6 Å². The average Bonchev–Trinajstić information content (AvgIpc) is 2.64. The molecule has 4 aliphatic heterocycles. The van der Waals surface area contributed by atoms with Crippen LogP contribution in [0.4, 0.5) is 9.59 Å². The van der Waals surface area contributed by atoms with Crippen molar-refractivity contribution >= 4 is 23.8 Å². The number of nitrogens with one attached hydrogen (secondary N) is 2. The van der Waals surface area contributed by atoms with Crippen LogP contribution >= 0.6 is 0 Å². The van der Waals surface area contributed by atoms with Gasteiger partial charge in [0.1, 0.15) is 22.8 Å². The monoisotopic (exact) mass is 480 g/mol. The highest BCUT2D eigenvalue weighted by molar-refractivity contribution is 5.84. The standard InChI is InChI=1S/C17H28N2O5.C7H12N2O/c1-16(2,3)23-14(21)18-9-11-7-13(20)8-12(10-18)19(11)15(22)24-17(4,5)6;10-7-1-5-3-8-4-6(2-7)9-5/h11-12H,7-10H2,1-6H3;5-6,8-9H,1-4H2. The highest BCUT2D eigenvalue weighted by atomic mass is 16.6. The van der Waals surface area contributed by atoms with Gasteiger partial charge in [0.15, 0.2) is 0 Å². The lowest BCUT2D eigenvalue weighted by atomic mass is 9.91. The molecule has 0 radical (unpaired) electrons. The molecule has 0 saturated carbocycles. The number of Topliss-reactive ketones (excluding diaryl/α,β-unsaturated/α-hetero) is 2. The Kier molecular flexibility index (Phi) is 7.92. The van der Waals surface area contributed by atoms with Crippen molar-refractivity contribution in [3.05, 3.63) is 0 Å². The molecule has 4 fully saturated rings. The summed E-state index contributed by atoms with van der Waals surface area (Å²) < 4.78 is 10.9. The van der Waals surface area contributed by atoms with Gasteiger partial charge in [0.25, 0.3) is 0 Å². The van der Waals surface area contributed by atoms with E-state index in [0.717, 1.165) is 25.9 Å². The molecule has 4 rings (SSSR count). The molecule has 0 aromatic rings. The van der Waals surface area contributed by atoms with Crippen LogP contribution in [-0.2, 0) is 19.1 Å². The van der Waals surface area contributed by atoms with Crippen LogP contribution < -0.4 is 10.6 Å². The maximum atomic E-state index is 12.5. The van der Waals surface area contributed by atoms with E-state index in [1.807, 2.05) is 41.5 Å². The second-order valence-corrected chi connectivity index (χ2v) is 11.7. The minimum absolute atomic E-state index is 0.119. The molecule has 4 bridgehead atoms. The molecule has 192 valence electrons. The lowest BCUT2D eigenvalue weighted by molar-refractivity contribution is -0.128. The normalized spacial score (nSPS) is 29.1. The summed E-state index contributed by atoms with van der Waals surface area (Å²) in [5, 5.41) is 6.69.